The van der Waals surface area contributed by atoms with Crippen molar-refractivity contribution < 1.29 is 14.3 Å². The topological polar surface area (TPSA) is 55.4 Å². The second-order valence-electron chi connectivity index (χ2n) is 5.52. The van der Waals surface area contributed by atoms with E-state index in [1.807, 2.05) is 18.4 Å². The second-order valence-corrected chi connectivity index (χ2v) is 6.51. The molecule has 1 atom stereocenters. The summed E-state index contributed by atoms with van der Waals surface area (Å²) in [6.07, 6.45) is 5.69. The van der Waals surface area contributed by atoms with Crippen LogP contribution in [0.2, 0.25) is 0 Å². The molecule has 0 saturated heterocycles. The van der Waals surface area contributed by atoms with E-state index in [-0.39, 0.29) is 5.91 Å². The molecule has 0 aliphatic rings. The lowest BCUT2D eigenvalue weighted by Crippen LogP contribution is -2.41. The van der Waals surface area contributed by atoms with Crippen LogP contribution >= 0.6 is 11.8 Å². The Morgan fingerprint density at radius 2 is 1.91 bits per heavy atom. The number of nitrogens with one attached hydrogen (secondary N) is 1. The van der Waals surface area contributed by atoms with Gasteiger partial charge in [0.25, 0.3) is 0 Å². The van der Waals surface area contributed by atoms with E-state index in [9.17, 15) is 9.59 Å². The van der Waals surface area contributed by atoms with Crippen LogP contribution in [0.25, 0.3) is 6.08 Å². The number of amides is 1. The maximum absolute atomic E-state index is 12.0. The van der Waals surface area contributed by atoms with Gasteiger partial charge in [-0.25, -0.2) is 4.79 Å². The van der Waals surface area contributed by atoms with Crippen LogP contribution in [0.4, 0.5) is 0 Å². The zero-order valence-electron chi connectivity index (χ0n) is 14.2. The molecule has 4 nitrogen and oxygen atoms in total. The summed E-state index contributed by atoms with van der Waals surface area (Å²) in [7, 11) is 1.33. The van der Waals surface area contributed by atoms with Gasteiger partial charge in [0.1, 0.15) is 6.04 Å². The SMILES string of the molecule is COC(=O)[C@@H](CCSC)NC(=O)/C=C/c1ccc(C(C)C)cc1. The number of benzene rings is 1. The van der Waals surface area contributed by atoms with Crippen molar-refractivity contribution in [1.29, 1.82) is 0 Å². The monoisotopic (exact) mass is 335 g/mol. The van der Waals surface area contributed by atoms with Gasteiger partial charge in [0.15, 0.2) is 0 Å². The van der Waals surface area contributed by atoms with Crippen LogP contribution < -0.4 is 5.32 Å². The first-order chi connectivity index (χ1) is 11.0. The highest BCUT2D eigenvalue weighted by atomic mass is 32.2. The van der Waals surface area contributed by atoms with E-state index < -0.39 is 12.0 Å². The van der Waals surface area contributed by atoms with Crippen LogP contribution in [0.5, 0.6) is 0 Å². The third kappa shape index (κ3) is 6.91. The maximum Gasteiger partial charge on any atom is 0.328 e. The highest BCUT2D eigenvalue weighted by molar-refractivity contribution is 7.98. The van der Waals surface area contributed by atoms with Gasteiger partial charge < -0.3 is 10.1 Å². The van der Waals surface area contributed by atoms with E-state index in [1.54, 1.807) is 17.8 Å². The molecule has 0 saturated carbocycles. The molecule has 23 heavy (non-hydrogen) atoms. The highest BCUT2D eigenvalue weighted by Gasteiger charge is 2.19. The fourth-order valence-electron chi connectivity index (χ4n) is 2.01. The van der Waals surface area contributed by atoms with Crippen LogP contribution in [0.15, 0.2) is 30.3 Å². The summed E-state index contributed by atoms with van der Waals surface area (Å²) in [5.74, 6) is 0.547. The Kier molecular flexibility index (Phi) is 8.48. The van der Waals surface area contributed by atoms with Crippen molar-refractivity contribution in [3.63, 3.8) is 0 Å². The van der Waals surface area contributed by atoms with Crippen LogP contribution in [-0.4, -0.2) is 37.0 Å². The third-order valence-electron chi connectivity index (χ3n) is 3.44. The van der Waals surface area contributed by atoms with Gasteiger partial charge in [-0.1, -0.05) is 38.1 Å². The summed E-state index contributed by atoms with van der Waals surface area (Å²) in [5.41, 5.74) is 2.21. The molecule has 0 fully saturated rings. The van der Waals surface area contributed by atoms with Crippen molar-refractivity contribution in [3.8, 4) is 0 Å². The summed E-state index contributed by atoms with van der Waals surface area (Å²) in [5, 5.41) is 2.69. The minimum atomic E-state index is -0.604. The fourth-order valence-corrected chi connectivity index (χ4v) is 2.48. The summed E-state index contributed by atoms with van der Waals surface area (Å²) in [4.78, 5) is 23.6. The van der Waals surface area contributed by atoms with Gasteiger partial charge in [-0.2, -0.15) is 11.8 Å². The van der Waals surface area contributed by atoms with Crippen molar-refractivity contribution in [3.05, 3.63) is 41.5 Å². The Morgan fingerprint density at radius 1 is 1.26 bits per heavy atom. The van der Waals surface area contributed by atoms with Gasteiger partial charge in [-0.3, -0.25) is 4.79 Å². The molecule has 0 aliphatic heterocycles. The molecular weight excluding hydrogens is 310 g/mol. The van der Waals surface area contributed by atoms with E-state index in [2.05, 4.69) is 31.3 Å². The molecule has 1 N–H and O–H groups in total. The van der Waals surface area contributed by atoms with Gasteiger partial charge in [0.05, 0.1) is 7.11 Å². The minimum Gasteiger partial charge on any atom is -0.467 e. The summed E-state index contributed by atoms with van der Waals surface area (Å²) in [6.45, 7) is 4.28. The molecule has 1 aromatic rings. The van der Waals surface area contributed by atoms with Crippen LogP contribution in [0.1, 0.15) is 37.3 Å². The summed E-state index contributed by atoms with van der Waals surface area (Å²) < 4.78 is 4.72. The molecule has 1 rings (SSSR count). The zero-order valence-corrected chi connectivity index (χ0v) is 15.0. The summed E-state index contributed by atoms with van der Waals surface area (Å²) in [6, 6.07) is 7.46. The largest absolute Gasteiger partial charge is 0.467 e. The lowest BCUT2D eigenvalue weighted by Gasteiger charge is -2.14. The van der Waals surface area contributed by atoms with Crippen molar-refractivity contribution in [1.82, 2.24) is 5.32 Å². The average molecular weight is 335 g/mol. The smallest absolute Gasteiger partial charge is 0.328 e. The van der Waals surface area contributed by atoms with Gasteiger partial charge >= 0.3 is 5.97 Å². The molecule has 0 aliphatic carbocycles. The quantitative estimate of drug-likeness (QED) is 0.585. The van der Waals surface area contributed by atoms with E-state index in [0.29, 0.717) is 12.3 Å². The molecule has 0 aromatic heterocycles. The van der Waals surface area contributed by atoms with Crippen molar-refractivity contribution in [2.24, 2.45) is 0 Å². The summed E-state index contributed by atoms with van der Waals surface area (Å²) >= 11 is 1.62. The lowest BCUT2D eigenvalue weighted by atomic mass is 10.0. The number of rotatable bonds is 8. The van der Waals surface area contributed by atoms with E-state index in [4.69, 9.17) is 4.74 Å². The Morgan fingerprint density at radius 3 is 2.43 bits per heavy atom. The first kappa shape index (κ1) is 19.3. The van der Waals surface area contributed by atoms with Crippen molar-refractivity contribution in [2.45, 2.75) is 32.2 Å². The van der Waals surface area contributed by atoms with Crippen molar-refractivity contribution >= 4 is 29.7 Å². The van der Waals surface area contributed by atoms with Crippen molar-refractivity contribution in [2.75, 3.05) is 19.1 Å². The van der Waals surface area contributed by atoms with Gasteiger partial charge in [-0.05, 0) is 41.6 Å². The van der Waals surface area contributed by atoms with Gasteiger partial charge in [0, 0.05) is 6.08 Å². The lowest BCUT2D eigenvalue weighted by molar-refractivity contribution is -0.144. The second kappa shape index (κ2) is 10.1. The highest BCUT2D eigenvalue weighted by Crippen LogP contribution is 2.15. The maximum atomic E-state index is 12.0. The fraction of sp³-hybridized carbons (Fsp3) is 0.444. The standard InChI is InChI=1S/C18H25NO3S/c1-13(2)15-8-5-14(6-9-15)7-10-17(20)19-16(11-12-23-4)18(21)22-3/h5-10,13,16H,11-12H2,1-4H3,(H,19,20)/b10-7+/t16-/m1/s1. The molecule has 126 valence electrons. The zero-order chi connectivity index (χ0) is 17.2. The first-order valence-electron chi connectivity index (χ1n) is 7.63. The Labute approximate surface area is 142 Å². The van der Waals surface area contributed by atoms with Gasteiger partial charge in [-0.15, -0.1) is 0 Å². The van der Waals surface area contributed by atoms with E-state index in [0.717, 1.165) is 11.3 Å². The number of hydrogen-bond donors (Lipinski definition) is 1. The number of ether oxygens (including phenoxy) is 1. The molecule has 0 spiro atoms. The Bertz CT molecular complexity index is 538. The molecule has 1 amide bonds. The number of thioether (sulfide) groups is 1. The van der Waals surface area contributed by atoms with Gasteiger partial charge in [0.2, 0.25) is 5.91 Å². The number of carbonyl (C=O) groups excluding carboxylic acids is 2. The first-order valence-corrected chi connectivity index (χ1v) is 9.02. The number of hydrogen-bond acceptors (Lipinski definition) is 4. The van der Waals surface area contributed by atoms with E-state index >= 15 is 0 Å². The average Bonchev–Trinajstić information content (AvgIpc) is 2.56. The molecule has 0 radical (unpaired) electrons. The third-order valence-corrected chi connectivity index (χ3v) is 4.09. The molecule has 5 heteroatoms. The molecule has 0 unspecified atom stereocenters. The van der Waals surface area contributed by atoms with Crippen LogP contribution in [-0.2, 0) is 14.3 Å². The molecular formula is C18H25NO3S. The minimum absolute atomic E-state index is 0.297. The number of methoxy groups -OCH3 is 1. The number of carbonyl (C=O) groups is 2. The Balaban J connectivity index is 2.63. The predicted molar refractivity (Wildman–Crippen MR) is 96.5 cm³/mol. The normalized spacial score (nSPS) is 12.4. The number of esters is 1. The molecule has 0 heterocycles. The van der Waals surface area contributed by atoms with Crippen LogP contribution in [0, 0.1) is 0 Å². The molecule has 1 aromatic carbocycles. The Hall–Kier alpha value is -1.75. The predicted octanol–water partition coefficient (Wildman–Crippen LogP) is 3.23. The molecule has 0 bridgehead atoms. The van der Waals surface area contributed by atoms with Crippen LogP contribution in [0.3, 0.4) is 0 Å². The van der Waals surface area contributed by atoms with E-state index in [1.165, 1.54) is 18.7 Å².